The minimum Gasteiger partial charge on any atom is -0.362 e. The number of H-pyrrole nitrogens is 1. The minimum absolute atomic E-state index is 0.0489. The summed E-state index contributed by atoms with van der Waals surface area (Å²) in [6.45, 7) is 1.84. The highest BCUT2D eigenvalue weighted by Crippen LogP contribution is 2.33. The Morgan fingerprint density at radius 3 is 2.64 bits per heavy atom. The van der Waals surface area contributed by atoms with Crippen molar-refractivity contribution in [2.75, 3.05) is 4.72 Å². The molecule has 8 nitrogen and oxygen atoms in total. The Balaban J connectivity index is 1.72. The molecule has 5 rings (SSSR count). The molecule has 33 heavy (non-hydrogen) atoms. The number of fused-ring (bicyclic) bond motifs is 1. The van der Waals surface area contributed by atoms with Crippen molar-refractivity contribution < 1.29 is 8.73 Å². The fourth-order valence-corrected chi connectivity index (χ4v) is 4.62. The fraction of sp³-hybridized carbons (Fsp3) is 0.0435. The molecule has 0 spiro atoms. The van der Waals surface area contributed by atoms with Gasteiger partial charge >= 0.3 is 0 Å². The number of hydrogen-bond acceptors (Lipinski definition) is 6. The van der Waals surface area contributed by atoms with Crippen molar-refractivity contribution >= 4 is 39.3 Å². The third kappa shape index (κ3) is 4.15. The van der Waals surface area contributed by atoms with Crippen LogP contribution in [0, 0.1) is 6.92 Å². The molecule has 0 fully saturated rings. The lowest BCUT2D eigenvalue weighted by Gasteiger charge is -2.13. The maximum Gasteiger partial charge on any atom is 0.208 e. The van der Waals surface area contributed by atoms with Crippen LogP contribution >= 0.6 is 11.6 Å². The van der Waals surface area contributed by atoms with Crippen LogP contribution in [0.15, 0.2) is 81.4 Å². The Morgan fingerprint density at radius 1 is 1.09 bits per heavy atom. The molecule has 4 heterocycles. The molecule has 0 aliphatic carbocycles. The van der Waals surface area contributed by atoms with Crippen molar-refractivity contribution in [2.45, 2.75) is 11.8 Å². The summed E-state index contributed by atoms with van der Waals surface area (Å²) in [5, 5.41) is 4.19. The second kappa shape index (κ2) is 8.61. The van der Waals surface area contributed by atoms with E-state index in [0.717, 1.165) is 16.8 Å². The third-order valence-corrected chi connectivity index (χ3v) is 6.27. The zero-order valence-electron chi connectivity index (χ0n) is 17.2. The number of aryl methyl sites for hydroxylation is 1. The Hall–Kier alpha value is -3.82. The van der Waals surface area contributed by atoms with Crippen molar-refractivity contribution in [1.29, 1.82) is 0 Å². The van der Waals surface area contributed by atoms with Gasteiger partial charge in [-0.25, -0.2) is 14.2 Å². The van der Waals surface area contributed by atoms with Crippen molar-refractivity contribution in [2.24, 2.45) is 0 Å². The third-order valence-electron chi connectivity index (χ3n) is 4.95. The molecule has 164 valence electrons. The maximum absolute atomic E-state index is 13.3. The summed E-state index contributed by atoms with van der Waals surface area (Å²) in [6, 6.07) is 15.0. The number of nitrogens with zero attached hydrogens (tertiary/aromatic N) is 3. The van der Waals surface area contributed by atoms with E-state index in [9.17, 15) is 9.00 Å². The van der Waals surface area contributed by atoms with Crippen LogP contribution in [-0.4, -0.2) is 24.3 Å². The quantitative estimate of drug-likeness (QED) is 0.353. The number of aromatic nitrogens is 4. The highest BCUT2D eigenvalue weighted by Gasteiger charge is 2.18. The smallest absolute Gasteiger partial charge is 0.208 e. The number of rotatable bonds is 5. The molecule has 0 radical (unpaired) electrons. The summed E-state index contributed by atoms with van der Waals surface area (Å²) >= 11 is 6.22. The first-order chi connectivity index (χ1) is 16.0. The van der Waals surface area contributed by atoms with Gasteiger partial charge < -0.3 is 9.51 Å². The van der Waals surface area contributed by atoms with Crippen molar-refractivity contribution in [3.05, 3.63) is 88.3 Å². The van der Waals surface area contributed by atoms with E-state index in [1.807, 2.05) is 43.3 Å². The second-order valence-electron chi connectivity index (χ2n) is 7.23. The van der Waals surface area contributed by atoms with Gasteiger partial charge in [-0.05, 0) is 30.7 Å². The largest absolute Gasteiger partial charge is 0.362 e. The molecule has 10 heteroatoms. The molecule has 1 unspecified atom stereocenters. The number of anilines is 1. The van der Waals surface area contributed by atoms with Crippen LogP contribution in [0.3, 0.4) is 0 Å². The summed E-state index contributed by atoms with van der Waals surface area (Å²) in [6.07, 6.45) is 4.07. The predicted molar refractivity (Wildman–Crippen MR) is 127 cm³/mol. The number of nitrogens with one attached hydrogen (secondary N) is 2. The first-order valence-corrected chi connectivity index (χ1v) is 11.4. The Kier molecular flexibility index (Phi) is 5.49. The summed E-state index contributed by atoms with van der Waals surface area (Å²) in [7, 11) is -1.83. The monoisotopic (exact) mass is 477 g/mol. The summed E-state index contributed by atoms with van der Waals surface area (Å²) in [5.74, 6) is 0. The van der Waals surface area contributed by atoms with E-state index in [-0.39, 0.29) is 4.90 Å². The van der Waals surface area contributed by atoms with Crippen molar-refractivity contribution in [3.63, 3.8) is 0 Å². The van der Waals surface area contributed by atoms with Gasteiger partial charge in [0.05, 0.1) is 17.3 Å². The molecule has 0 amide bonds. The van der Waals surface area contributed by atoms with E-state index in [0.29, 0.717) is 33.1 Å². The zero-order valence-corrected chi connectivity index (χ0v) is 18.8. The van der Waals surface area contributed by atoms with E-state index >= 15 is 0 Å². The molecule has 0 bridgehead atoms. The van der Waals surface area contributed by atoms with Gasteiger partial charge in [0.25, 0.3) is 0 Å². The SMILES string of the molecule is Cc1cc(-c2cc3c(=O)c(S(=O)Nc4cnoc4)c[nH]c3nc2-c2ccccc2)cc(Cl)n1. The molecule has 4 aromatic heterocycles. The fourth-order valence-electron chi connectivity index (χ4n) is 3.50. The lowest BCUT2D eigenvalue weighted by Crippen LogP contribution is -2.17. The first-order valence-electron chi connectivity index (χ1n) is 9.84. The van der Waals surface area contributed by atoms with Crippen molar-refractivity contribution in [3.8, 4) is 22.4 Å². The van der Waals surface area contributed by atoms with E-state index in [4.69, 9.17) is 21.1 Å². The van der Waals surface area contributed by atoms with Gasteiger partial charge in [-0.1, -0.05) is 47.1 Å². The average Bonchev–Trinajstić information content (AvgIpc) is 3.31. The molecule has 0 aliphatic heterocycles. The van der Waals surface area contributed by atoms with E-state index in [2.05, 4.69) is 19.8 Å². The van der Waals surface area contributed by atoms with Crippen LogP contribution in [0.2, 0.25) is 5.15 Å². The Bertz CT molecular complexity index is 1530. The van der Waals surface area contributed by atoms with Crippen LogP contribution in [0.5, 0.6) is 0 Å². The van der Waals surface area contributed by atoms with E-state index in [1.54, 1.807) is 12.1 Å². The van der Waals surface area contributed by atoms with E-state index < -0.39 is 16.4 Å². The van der Waals surface area contributed by atoms with Gasteiger partial charge in [-0.3, -0.25) is 9.52 Å². The van der Waals surface area contributed by atoms with Crippen LogP contribution in [-0.2, 0) is 11.0 Å². The number of pyridine rings is 3. The molecular formula is C23H16ClN5O3S. The average molecular weight is 478 g/mol. The normalized spacial score (nSPS) is 12.1. The van der Waals surface area contributed by atoms with Crippen molar-refractivity contribution in [1.82, 2.24) is 20.1 Å². The van der Waals surface area contributed by atoms with Gasteiger partial charge in [0.15, 0.2) is 11.0 Å². The predicted octanol–water partition coefficient (Wildman–Crippen LogP) is 4.74. The molecule has 0 saturated heterocycles. The van der Waals surface area contributed by atoms with Gasteiger partial charge in [0.1, 0.15) is 27.6 Å². The summed E-state index contributed by atoms with van der Waals surface area (Å²) < 4.78 is 20.2. The standard InChI is InChI=1S/C23H16ClN5O3S/c1-13-7-15(8-20(24)27-13)17-9-18-22(30)19(33(31)29-16-10-26-32-12-16)11-25-23(18)28-21(17)14-5-3-2-4-6-14/h2-12,29H,1H3,(H,25,28,30). The molecule has 5 aromatic rings. The maximum atomic E-state index is 13.3. The van der Waals surface area contributed by atoms with Gasteiger partial charge in [0.2, 0.25) is 5.43 Å². The molecule has 2 N–H and O–H groups in total. The lowest BCUT2D eigenvalue weighted by molar-refractivity contribution is 0.420. The number of hydrogen-bond donors (Lipinski definition) is 2. The topological polar surface area (TPSA) is 114 Å². The second-order valence-corrected chi connectivity index (χ2v) is 8.80. The number of aromatic amines is 1. The van der Waals surface area contributed by atoms with Gasteiger partial charge in [-0.2, -0.15) is 0 Å². The minimum atomic E-state index is -1.83. The molecule has 0 saturated carbocycles. The molecular weight excluding hydrogens is 462 g/mol. The summed E-state index contributed by atoms with van der Waals surface area (Å²) in [5.41, 5.74) is 4.14. The van der Waals surface area contributed by atoms with Crippen LogP contribution < -0.4 is 10.2 Å². The number of benzene rings is 1. The van der Waals surface area contributed by atoms with Gasteiger partial charge in [0, 0.05) is 23.0 Å². The van der Waals surface area contributed by atoms with E-state index in [1.165, 1.54) is 18.7 Å². The van der Waals surface area contributed by atoms with Crippen LogP contribution in [0.1, 0.15) is 5.69 Å². The number of halogens is 1. The van der Waals surface area contributed by atoms with Gasteiger partial charge in [-0.15, -0.1) is 0 Å². The van der Waals surface area contributed by atoms with Crippen LogP contribution in [0.4, 0.5) is 5.69 Å². The van der Waals surface area contributed by atoms with Crippen LogP contribution in [0.25, 0.3) is 33.4 Å². The molecule has 1 aromatic carbocycles. The first kappa shape index (κ1) is 21.0. The Morgan fingerprint density at radius 2 is 1.91 bits per heavy atom. The summed E-state index contributed by atoms with van der Waals surface area (Å²) in [4.78, 5) is 25.3. The molecule has 1 atom stereocenters. The lowest BCUT2D eigenvalue weighted by atomic mass is 9.98. The zero-order chi connectivity index (χ0) is 22.9. The Labute approximate surface area is 195 Å². The highest BCUT2D eigenvalue weighted by molar-refractivity contribution is 7.86. The molecule has 0 aliphatic rings. The highest BCUT2D eigenvalue weighted by atomic mass is 35.5.